The molecule has 9 nitrogen and oxygen atoms in total. The first-order valence-corrected chi connectivity index (χ1v) is 14.2. The smallest absolute Gasteiger partial charge is 0.247 e. The summed E-state index contributed by atoms with van der Waals surface area (Å²) in [5, 5.41) is 15.3. The zero-order valence-corrected chi connectivity index (χ0v) is 24.0. The lowest BCUT2D eigenvalue weighted by Crippen LogP contribution is -2.53. The molecular weight excluding hydrogens is 529 g/mol. The van der Waals surface area contributed by atoms with E-state index in [2.05, 4.69) is 10.6 Å². The predicted octanol–water partition coefficient (Wildman–Crippen LogP) is 3.97. The number of halogens is 1. The van der Waals surface area contributed by atoms with Crippen LogP contribution in [0.5, 0.6) is 11.5 Å². The van der Waals surface area contributed by atoms with E-state index in [4.69, 9.17) is 9.47 Å². The summed E-state index contributed by atoms with van der Waals surface area (Å²) in [5.74, 6) is -1.85. The number of hydrogen-bond donors (Lipinski definition) is 4. The molecule has 3 amide bonds. The predicted molar refractivity (Wildman–Crippen MR) is 152 cm³/mol. The first-order chi connectivity index (χ1) is 19.7. The number of nitrogens with one attached hydrogen (secondary N) is 3. The average Bonchev–Trinajstić information content (AvgIpc) is 2.97. The molecular formula is C31H42FN3O6. The number of hydroxylamine groups is 1. The highest BCUT2D eigenvalue weighted by atomic mass is 19.1. The molecule has 0 spiro atoms. The van der Waals surface area contributed by atoms with Crippen LogP contribution in [0.3, 0.4) is 0 Å². The van der Waals surface area contributed by atoms with Gasteiger partial charge in [0.05, 0.1) is 31.7 Å². The lowest BCUT2D eigenvalue weighted by atomic mass is 9.74. The Morgan fingerprint density at radius 3 is 2.44 bits per heavy atom. The van der Waals surface area contributed by atoms with Crippen LogP contribution in [0.25, 0.3) is 0 Å². The molecule has 2 bridgehead atoms. The second-order valence-corrected chi connectivity index (χ2v) is 10.9. The number of benzene rings is 2. The van der Waals surface area contributed by atoms with Crippen LogP contribution < -0.4 is 25.6 Å². The molecule has 41 heavy (non-hydrogen) atoms. The Balaban J connectivity index is 1.83. The maximum atomic E-state index is 13.8. The van der Waals surface area contributed by atoms with Crippen molar-refractivity contribution in [3.05, 3.63) is 59.7 Å². The van der Waals surface area contributed by atoms with Crippen LogP contribution >= 0.6 is 0 Å². The summed E-state index contributed by atoms with van der Waals surface area (Å²) in [5.41, 5.74) is 3.40. The number of ether oxygens (including phenoxy) is 2. The van der Waals surface area contributed by atoms with Crippen LogP contribution in [-0.4, -0.2) is 48.9 Å². The van der Waals surface area contributed by atoms with Crippen molar-refractivity contribution in [2.24, 2.45) is 23.7 Å². The van der Waals surface area contributed by atoms with E-state index in [-0.39, 0.29) is 37.3 Å². The van der Waals surface area contributed by atoms with Gasteiger partial charge >= 0.3 is 0 Å². The normalized spacial score (nSPS) is 20.3. The molecule has 4 N–H and O–H groups in total. The second-order valence-electron chi connectivity index (χ2n) is 10.9. The summed E-state index contributed by atoms with van der Waals surface area (Å²) < 4.78 is 23.6. The number of fused-ring (bicyclic) bond motifs is 11. The van der Waals surface area contributed by atoms with Gasteiger partial charge in [0.15, 0.2) is 0 Å². The van der Waals surface area contributed by atoms with Gasteiger partial charge in [0.2, 0.25) is 17.7 Å². The average molecular weight is 572 g/mol. The Kier molecular flexibility index (Phi) is 12.4. The molecule has 0 radical (unpaired) electrons. The molecule has 10 heteroatoms. The molecule has 2 aliphatic rings. The van der Waals surface area contributed by atoms with Crippen molar-refractivity contribution < 1.29 is 33.5 Å². The van der Waals surface area contributed by atoms with Crippen molar-refractivity contribution in [2.75, 3.05) is 19.9 Å². The SMILES string of the molecule is CC(C)C(C)[C@H]1C(=O)N[C@H](C(=O)NCc2ccc(OCCCF)cc2)Cc2ccc(cc2)OCCC[C@@H]1C(=O)NO. The monoisotopic (exact) mass is 571 g/mol. The fraction of sp³-hybridized carbons (Fsp3) is 0.516. The molecule has 0 fully saturated rings. The number of amides is 3. The van der Waals surface area contributed by atoms with Crippen molar-refractivity contribution in [3.63, 3.8) is 0 Å². The van der Waals surface area contributed by atoms with Gasteiger partial charge in [0, 0.05) is 19.4 Å². The Morgan fingerprint density at radius 2 is 1.80 bits per heavy atom. The number of carbonyl (C=O) groups is 3. The van der Waals surface area contributed by atoms with Gasteiger partial charge in [-0.25, -0.2) is 5.48 Å². The molecule has 2 aliphatic heterocycles. The van der Waals surface area contributed by atoms with Crippen molar-refractivity contribution >= 4 is 17.7 Å². The largest absolute Gasteiger partial charge is 0.494 e. The third kappa shape index (κ3) is 9.45. The maximum Gasteiger partial charge on any atom is 0.247 e. The minimum Gasteiger partial charge on any atom is -0.494 e. The fourth-order valence-corrected chi connectivity index (χ4v) is 4.95. The Bertz CT molecular complexity index is 1130. The number of rotatable bonds is 10. The molecule has 2 aromatic carbocycles. The minimum absolute atomic E-state index is 0.0675. The first-order valence-electron chi connectivity index (χ1n) is 14.2. The standard InChI is InChI=1S/C31H42FN3O6/c1-20(2)21(3)28-26(29(36)35-39)6-4-16-40-24-11-7-22(8-12-24)18-27(34-31(28)38)30(37)33-19-23-9-13-25(14-10-23)41-17-5-15-32/h7-14,20-21,26-28,39H,4-6,15-19H2,1-3H3,(H,33,37)(H,34,38)(H,35,36)/t21?,26-,27-,28+/m0/s1. The quantitative estimate of drug-likeness (QED) is 0.194. The summed E-state index contributed by atoms with van der Waals surface area (Å²) in [6.07, 6.45) is 1.38. The molecule has 1 unspecified atom stereocenters. The first kappa shape index (κ1) is 31.9. The van der Waals surface area contributed by atoms with Gasteiger partial charge in [-0.15, -0.1) is 0 Å². The highest BCUT2D eigenvalue weighted by Crippen LogP contribution is 2.31. The summed E-state index contributed by atoms with van der Waals surface area (Å²) >= 11 is 0. The van der Waals surface area contributed by atoms with Crippen LogP contribution in [0.4, 0.5) is 4.39 Å². The summed E-state index contributed by atoms with van der Waals surface area (Å²) in [7, 11) is 0. The van der Waals surface area contributed by atoms with Gasteiger partial charge in [0.1, 0.15) is 17.5 Å². The zero-order chi connectivity index (χ0) is 29.8. The molecule has 2 heterocycles. The lowest BCUT2D eigenvalue weighted by molar-refractivity contribution is -0.143. The Hall–Kier alpha value is -3.66. The third-order valence-electron chi connectivity index (χ3n) is 7.66. The lowest BCUT2D eigenvalue weighted by Gasteiger charge is -2.33. The molecule has 0 aromatic heterocycles. The van der Waals surface area contributed by atoms with E-state index < -0.39 is 36.4 Å². The topological polar surface area (TPSA) is 126 Å². The van der Waals surface area contributed by atoms with Gasteiger partial charge < -0.3 is 20.1 Å². The van der Waals surface area contributed by atoms with Crippen LogP contribution in [0.2, 0.25) is 0 Å². The third-order valence-corrected chi connectivity index (χ3v) is 7.66. The Labute approximate surface area is 241 Å². The summed E-state index contributed by atoms with van der Waals surface area (Å²) in [6, 6.07) is 13.6. The molecule has 0 saturated carbocycles. The van der Waals surface area contributed by atoms with Crippen molar-refractivity contribution in [3.8, 4) is 11.5 Å². The van der Waals surface area contributed by atoms with Gasteiger partial charge in [-0.05, 0) is 60.1 Å². The second kappa shape index (κ2) is 16.0. The summed E-state index contributed by atoms with van der Waals surface area (Å²) in [6.45, 7) is 6.29. The van der Waals surface area contributed by atoms with E-state index in [1.165, 1.54) is 0 Å². The molecule has 0 aliphatic carbocycles. The van der Waals surface area contributed by atoms with Crippen LogP contribution in [-0.2, 0) is 27.3 Å². The molecule has 0 saturated heterocycles. The van der Waals surface area contributed by atoms with Crippen molar-refractivity contribution in [2.45, 2.75) is 59.0 Å². The van der Waals surface area contributed by atoms with E-state index in [9.17, 15) is 24.0 Å². The number of alkyl halides is 1. The van der Waals surface area contributed by atoms with Gasteiger partial charge in [-0.1, -0.05) is 45.0 Å². The van der Waals surface area contributed by atoms with Crippen LogP contribution in [0.1, 0.15) is 51.2 Å². The van der Waals surface area contributed by atoms with Gasteiger partial charge in [0.25, 0.3) is 0 Å². The molecule has 4 rings (SSSR count). The summed E-state index contributed by atoms with van der Waals surface area (Å²) in [4.78, 5) is 40.1. The van der Waals surface area contributed by atoms with Crippen molar-refractivity contribution in [1.82, 2.24) is 16.1 Å². The van der Waals surface area contributed by atoms with E-state index in [0.29, 0.717) is 37.4 Å². The van der Waals surface area contributed by atoms with E-state index in [1.807, 2.05) is 57.2 Å². The Morgan fingerprint density at radius 1 is 1.10 bits per heavy atom. The molecule has 2 aromatic rings. The maximum absolute atomic E-state index is 13.8. The highest BCUT2D eigenvalue weighted by molar-refractivity contribution is 5.91. The highest BCUT2D eigenvalue weighted by Gasteiger charge is 2.39. The molecule has 4 atom stereocenters. The van der Waals surface area contributed by atoms with Gasteiger partial charge in [-0.2, -0.15) is 0 Å². The van der Waals surface area contributed by atoms with Gasteiger partial charge in [-0.3, -0.25) is 24.0 Å². The number of carbonyl (C=O) groups excluding carboxylic acids is 3. The number of hydrogen-bond acceptors (Lipinski definition) is 6. The minimum atomic E-state index is -0.903. The molecule has 224 valence electrons. The van der Waals surface area contributed by atoms with E-state index in [0.717, 1.165) is 11.1 Å². The van der Waals surface area contributed by atoms with E-state index in [1.54, 1.807) is 17.6 Å². The zero-order valence-electron chi connectivity index (χ0n) is 24.0. The van der Waals surface area contributed by atoms with E-state index >= 15 is 0 Å². The van der Waals surface area contributed by atoms with Crippen LogP contribution in [0.15, 0.2) is 48.5 Å². The van der Waals surface area contributed by atoms with Crippen LogP contribution in [0, 0.1) is 23.7 Å². The van der Waals surface area contributed by atoms with Crippen molar-refractivity contribution in [1.29, 1.82) is 0 Å². The fourth-order valence-electron chi connectivity index (χ4n) is 4.95.